The molecule has 2 N–H and O–H groups in total. The molecule has 3 rings (SSSR count). The summed E-state index contributed by atoms with van der Waals surface area (Å²) in [5, 5.41) is 4.04. The van der Waals surface area contributed by atoms with Crippen LogP contribution >= 0.6 is 0 Å². The molecule has 8 nitrogen and oxygen atoms in total. The van der Waals surface area contributed by atoms with E-state index in [-0.39, 0.29) is 6.61 Å². The van der Waals surface area contributed by atoms with E-state index in [1.807, 2.05) is 18.2 Å². The first kappa shape index (κ1) is 22.9. The van der Waals surface area contributed by atoms with Gasteiger partial charge in [-0.3, -0.25) is 0 Å². The van der Waals surface area contributed by atoms with Crippen molar-refractivity contribution in [2.24, 2.45) is 0 Å². The first-order chi connectivity index (χ1) is 15.5. The number of aromatic amines is 1. The second kappa shape index (κ2) is 10.5. The van der Waals surface area contributed by atoms with Crippen LogP contribution in [0, 0.1) is 0 Å². The maximum atomic E-state index is 12.6. The summed E-state index contributed by atoms with van der Waals surface area (Å²) in [7, 11) is 4.52. The van der Waals surface area contributed by atoms with Crippen molar-refractivity contribution in [3.63, 3.8) is 0 Å². The van der Waals surface area contributed by atoms with Crippen LogP contribution < -0.4 is 19.8 Å². The molecular weight excluding hydrogens is 412 g/mol. The highest BCUT2D eigenvalue weighted by Gasteiger charge is 2.21. The van der Waals surface area contributed by atoms with Crippen LogP contribution in [0.4, 0.5) is 5.69 Å². The highest BCUT2D eigenvalue weighted by Crippen LogP contribution is 2.29. The lowest BCUT2D eigenvalue weighted by Crippen LogP contribution is -2.17. The number of ether oxygens (including phenoxy) is 4. The topological polar surface area (TPSA) is 97.2 Å². The second-order valence-corrected chi connectivity index (χ2v) is 6.92. The fourth-order valence-corrected chi connectivity index (χ4v) is 3.42. The minimum atomic E-state index is -0.456. The lowest BCUT2D eigenvalue weighted by Gasteiger charge is -2.13. The molecular formula is C24H27N2O6+. The normalized spacial score (nSPS) is 10.5. The number of H-pyrrole nitrogens is 1. The fraction of sp³-hybridized carbons (Fsp3) is 0.292. The van der Waals surface area contributed by atoms with Gasteiger partial charge in [-0.1, -0.05) is 6.07 Å². The molecule has 0 spiro atoms. The van der Waals surface area contributed by atoms with E-state index in [4.69, 9.17) is 18.9 Å². The fourth-order valence-electron chi connectivity index (χ4n) is 3.42. The molecule has 0 amide bonds. The molecule has 168 valence electrons. The van der Waals surface area contributed by atoms with Crippen LogP contribution in [-0.4, -0.2) is 46.4 Å². The highest BCUT2D eigenvalue weighted by atomic mass is 16.5. The number of nitrogens with one attached hydrogen (secondary N) is 2. The van der Waals surface area contributed by atoms with Gasteiger partial charge in [0.05, 0.1) is 44.6 Å². The molecule has 2 aromatic carbocycles. The Morgan fingerprint density at radius 2 is 1.75 bits per heavy atom. The number of hydrogen-bond acceptors (Lipinski definition) is 7. The number of methoxy groups -OCH3 is 3. The van der Waals surface area contributed by atoms with Gasteiger partial charge in [-0.15, -0.1) is 0 Å². The summed E-state index contributed by atoms with van der Waals surface area (Å²) < 4.78 is 20.7. The number of esters is 2. The smallest absolute Gasteiger partial charge is 0.346 e. The predicted octanol–water partition coefficient (Wildman–Crippen LogP) is 3.29. The summed E-state index contributed by atoms with van der Waals surface area (Å²) in [6.45, 7) is 2.54. The molecule has 0 atom stereocenters. The van der Waals surface area contributed by atoms with Gasteiger partial charge >= 0.3 is 11.9 Å². The van der Waals surface area contributed by atoms with E-state index in [0.29, 0.717) is 46.7 Å². The molecule has 0 aliphatic heterocycles. The first-order valence-corrected chi connectivity index (χ1v) is 10.2. The Bertz CT molecular complexity index is 1130. The summed E-state index contributed by atoms with van der Waals surface area (Å²) >= 11 is 0. The van der Waals surface area contributed by atoms with Gasteiger partial charge in [0, 0.05) is 12.6 Å². The summed E-state index contributed by atoms with van der Waals surface area (Å²) in [6.07, 6.45) is 2.27. The maximum Gasteiger partial charge on any atom is 0.346 e. The first-order valence-electron chi connectivity index (χ1n) is 10.2. The minimum Gasteiger partial charge on any atom is -0.493 e. The molecule has 0 saturated heterocycles. The van der Waals surface area contributed by atoms with E-state index in [1.165, 1.54) is 7.11 Å². The van der Waals surface area contributed by atoms with E-state index in [2.05, 4.69) is 10.3 Å². The summed E-state index contributed by atoms with van der Waals surface area (Å²) in [5.74, 6) is 0.404. The highest BCUT2D eigenvalue weighted by molar-refractivity contribution is 6.05. The second-order valence-electron chi connectivity index (χ2n) is 6.92. The Morgan fingerprint density at radius 3 is 2.44 bits per heavy atom. The largest absolute Gasteiger partial charge is 0.493 e. The van der Waals surface area contributed by atoms with E-state index in [9.17, 15) is 9.59 Å². The van der Waals surface area contributed by atoms with Gasteiger partial charge in [0.1, 0.15) is 5.56 Å². The van der Waals surface area contributed by atoms with E-state index >= 15 is 0 Å². The van der Waals surface area contributed by atoms with E-state index in [0.717, 1.165) is 11.1 Å². The van der Waals surface area contributed by atoms with Crippen molar-refractivity contribution < 1.29 is 33.5 Å². The van der Waals surface area contributed by atoms with Gasteiger partial charge in [-0.2, -0.15) is 0 Å². The average molecular weight is 439 g/mol. The van der Waals surface area contributed by atoms with Crippen LogP contribution in [0.5, 0.6) is 11.5 Å². The molecule has 0 aliphatic carbocycles. The van der Waals surface area contributed by atoms with Crippen molar-refractivity contribution in [1.82, 2.24) is 0 Å². The molecule has 1 heterocycles. The lowest BCUT2D eigenvalue weighted by molar-refractivity contribution is -0.344. The third-order valence-electron chi connectivity index (χ3n) is 5.01. The Morgan fingerprint density at radius 1 is 0.969 bits per heavy atom. The van der Waals surface area contributed by atoms with Crippen LogP contribution in [0.2, 0.25) is 0 Å². The van der Waals surface area contributed by atoms with Crippen molar-refractivity contribution >= 4 is 28.5 Å². The molecule has 0 saturated carbocycles. The SMILES string of the molecule is CCOC(=O)c1c[nH+]c2ccc(C(=O)OC)cc2c1NCCc1ccc(OC)c(OC)c1. The van der Waals surface area contributed by atoms with Crippen molar-refractivity contribution in [3.8, 4) is 11.5 Å². The summed E-state index contributed by atoms with van der Waals surface area (Å²) in [6, 6.07) is 10.9. The molecule has 0 aliphatic rings. The molecule has 1 aromatic heterocycles. The molecule has 0 unspecified atom stereocenters. The molecule has 32 heavy (non-hydrogen) atoms. The molecule has 0 fully saturated rings. The van der Waals surface area contributed by atoms with Crippen molar-refractivity contribution in [2.45, 2.75) is 13.3 Å². The van der Waals surface area contributed by atoms with Gasteiger partial charge in [-0.25, -0.2) is 14.6 Å². The predicted molar refractivity (Wildman–Crippen MR) is 120 cm³/mol. The van der Waals surface area contributed by atoms with Crippen LogP contribution in [0.25, 0.3) is 10.9 Å². The van der Waals surface area contributed by atoms with Crippen molar-refractivity contribution in [1.29, 1.82) is 0 Å². The number of pyridine rings is 1. The van der Waals surface area contributed by atoms with Crippen LogP contribution in [0.3, 0.4) is 0 Å². The monoisotopic (exact) mass is 439 g/mol. The number of aromatic nitrogens is 1. The number of rotatable bonds is 9. The van der Waals surface area contributed by atoms with Crippen LogP contribution in [0.1, 0.15) is 33.2 Å². The van der Waals surface area contributed by atoms with Gasteiger partial charge in [0.2, 0.25) is 5.52 Å². The molecule has 3 aromatic rings. The number of carbonyl (C=O) groups excluding carboxylic acids is 2. The zero-order valence-electron chi connectivity index (χ0n) is 18.6. The number of anilines is 1. The average Bonchev–Trinajstić information content (AvgIpc) is 2.83. The quantitative estimate of drug-likeness (QED) is 0.511. The van der Waals surface area contributed by atoms with E-state index in [1.54, 1.807) is 45.5 Å². The number of hydrogen-bond donors (Lipinski definition) is 1. The third-order valence-corrected chi connectivity index (χ3v) is 5.01. The number of fused-ring (bicyclic) bond motifs is 1. The van der Waals surface area contributed by atoms with Crippen LogP contribution in [-0.2, 0) is 15.9 Å². The molecule has 0 radical (unpaired) electrons. The molecule has 8 heteroatoms. The summed E-state index contributed by atoms with van der Waals surface area (Å²) in [4.78, 5) is 27.7. The van der Waals surface area contributed by atoms with Gasteiger partial charge < -0.3 is 24.3 Å². The minimum absolute atomic E-state index is 0.254. The van der Waals surface area contributed by atoms with Crippen LogP contribution in [0.15, 0.2) is 42.6 Å². The van der Waals surface area contributed by atoms with Gasteiger partial charge in [-0.05, 0) is 43.2 Å². The van der Waals surface area contributed by atoms with E-state index < -0.39 is 11.9 Å². The van der Waals surface area contributed by atoms with Crippen molar-refractivity contribution in [2.75, 3.05) is 39.8 Å². The zero-order valence-corrected chi connectivity index (χ0v) is 18.6. The lowest BCUT2D eigenvalue weighted by atomic mass is 10.1. The van der Waals surface area contributed by atoms with Gasteiger partial charge in [0.15, 0.2) is 17.7 Å². The Hall–Kier alpha value is -3.81. The Kier molecular flexibility index (Phi) is 7.49. The van der Waals surface area contributed by atoms with Crippen molar-refractivity contribution in [3.05, 3.63) is 59.3 Å². The summed E-state index contributed by atoms with van der Waals surface area (Å²) in [5.41, 5.74) is 3.13. The number of carbonyl (C=O) groups is 2. The number of benzene rings is 2. The Labute approximate surface area is 186 Å². The molecule has 0 bridgehead atoms. The standard InChI is InChI=1S/C24H26N2O6/c1-5-32-24(28)18-14-26-19-8-7-16(23(27)31-4)13-17(19)22(18)25-11-10-15-6-9-20(29-2)21(12-15)30-3/h6-9,12-14H,5,10-11H2,1-4H3,(H,25,26)/p+1. The maximum absolute atomic E-state index is 12.6. The third kappa shape index (κ3) is 4.91. The zero-order chi connectivity index (χ0) is 23.1. The van der Waals surface area contributed by atoms with Gasteiger partial charge in [0.25, 0.3) is 0 Å². The Balaban J connectivity index is 1.94.